The molecule has 1 unspecified atom stereocenters. The van der Waals surface area contributed by atoms with E-state index in [0.717, 1.165) is 41.9 Å². The number of halogens is 2. The second kappa shape index (κ2) is 9.39. The van der Waals surface area contributed by atoms with Gasteiger partial charge in [-0.25, -0.2) is 8.78 Å². The van der Waals surface area contributed by atoms with Crippen molar-refractivity contribution < 1.29 is 13.6 Å². The Hall–Kier alpha value is -2.12. The van der Waals surface area contributed by atoms with Crippen LogP contribution in [0.2, 0.25) is 0 Å². The highest BCUT2D eigenvalue weighted by Gasteiger charge is 2.21. The fourth-order valence-electron chi connectivity index (χ4n) is 3.25. The van der Waals surface area contributed by atoms with E-state index in [4.69, 9.17) is 0 Å². The smallest absolute Gasteiger partial charge is 0.272 e. The Morgan fingerprint density at radius 1 is 1.25 bits per heavy atom. The molecule has 2 N–H and O–H groups in total. The monoisotopic (exact) mass is 405 g/mol. The number of anilines is 1. The Bertz CT molecular complexity index is 879. The molecule has 0 aliphatic carbocycles. The minimum atomic E-state index is -0.989. The van der Waals surface area contributed by atoms with E-state index < -0.39 is 11.6 Å². The largest absolute Gasteiger partial charge is 0.345 e. The van der Waals surface area contributed by atoms with Crippen molar-refractivity contribution in [3.63, 3.8) is 0 Å². The van der Waals surface area contributed by atoms with Gasteiger partial charge in [-0.05, 0) is 56.7 Å². The molecule has 1 aromatic carbocycles. The number of benzene rings is 1. The van der Waals surface area contributed by atoms with Crippen molar-refractivity contribution >= 4 is 23.5 Å². The fourth-order valence-corrected chi connectivity index (χ4v) is 4.21. The topological polar surface area (TPSA) is 46.1 Å². The van der Waals surface area contributed by atoms with Crippen LogP contribution in [0.3, 0.4) is 0 Å². The molecule has 7 heteroatoms. The first-order valence-corrected chi connectivity index (χ1v) is 10.3. The van der Waals surface area contributed by atoms with Crippen molar-refractivity contribution in [1.29, 1.82) is 0 Å². The molecule has 4 nitrogen and oxygen atoms in total. The lowest BCUT2D eigenvalue weighted by molar-refractivity contribution is 0.101. The molecule has 2 aromatic rings. The number of nitrogens with zero attached hydrogens (tertiary/aromatic N) is 1. The zero-order chi connectivity index (χ0) is 20.1. The minimum Gasteiger partial charge on any atom is -0.345 e. The number of fused-ring (bicyclic) bond motifs is 1. The Morgan fingerprint density at radius 3 is 2.86 bits per heavy atom. The van der Waals surface area contributed by atoms with Crippen molar-refractivity contribution in [3.05, 3.63) is 59.4 Å². The maximum Gasteiger partial charge on any atom is 0.272 e. The van der Waals surface area contributed by atoms with Gasteiger partial charge in [0.1, 0.15) is 5.69 Å². The average Bonchev–Trinajstić information content (AvgIpc) is 2.96. The molecule has 150 valence electrons. The Labute approximate surface area is 168 Å². The van der Waals surface area contributed by atoms with Crippen LogP contribution in [0.4, 0.5) is 14.5 Å². The van der Waals surface area contributed by atoms with Gasteiger partial charge >= 0.3 is 0 Å². The van der Waals surface area contributed by atoms with Crippen molar-refractivity contribution in [2.45, 2.75) is 50.0 Å². The van der Waals surface area contributed by atoms with Gasteiger partial charge in [0.05, 0.1) is 0 Å². The highest BCUT2D eigenvalue weighted by atomic mass is 32.2. The standard InChI is InChI=1S/C21H25F2N3OS/c1-14-8-6-4-3-5-7-9-16-19(28-25-14)13-26(2)20(16)21(27)24-15-10-11-17(22)18(23)12-15/h5,7,10-14,25H,3-4,6,8-9H2,1-2H3,(H,24,27)/b7-5+. The van der Waals surface area contributed by atoms with Crippen LogP contribution in [0.5, 0.6) is 0 Å². The summed E-state index contributed by atoms with van der Waals surface area (Å²) >= 11 is 1.54. The van der Waals surface area contributed by atoms with Crippen molar-refractivity contribution in [3.8, 4) is 0 Å². The molecule has 0 saturated carbocycles. The Morgan fingerprint density at radius 2 is 2.07 bits per heavy atom. The first-order chi connectivity index (χ1) is 13.5. The number of carbonyl (C=O) groups excluding carboxylic acids is 1. The first kappa shape index (κ1) is 20.6. The molecule has 2 heterocycles. The molecule has 28 heavy (non-hydrogen) atoms. The number of carbonyl (C=O) groups is 1. The van der Waals surface area contributed by atoms with Gasteiger partial charge in [0.2, 0.25) is 0 Å². The quantitative estimate of drug-likeness (QED) is 0.532. The molecule has 1 atom stereocenters. The molecular weight excluding hydrogens is 380 g/mol. The summed E-state index contributed by atoms with van der Waals surface area (Å²) in [4.78, 5) is 13.9. The number of amides is 1. The Kier molecular flexibility index (Phi) is 6.91. The average molecular weight is 406 g/mol. The summed E-state index contributed by atoms with van der Waals surface area (Å²) in [6.07, 6.45) is 11.3. The van der Waals surface area contributed by atoms with E-state index in [1.54, 1.807) is 4.57 Å². The third-order valence-corrected chi connectivity index (χ3v) is 5.85. The van der Waals surface area contributed by atoms with Crippen molar-refractivity contribution in [2.24, 2.45) is 7.05 Å². The molecule has 0 fully saturated rings. The van der Waals surface area contributed by atoms with Crippen LogP contribution in [-0.4, -0.2) is 16.5 Å². The van der Waals surface area contributed by atoms with Gasteiger partial charge in [-0.15, -0.1) is 0 Å². The summed E-state index contributed by atoms with van der Waals surface area (Å²) in [6.45, 7) is 2.16. The van der Waals surface area contributed by atoms with Crippen LogP contribution < -0.4 is 10.0 Å². The van der Waals surface area contributed by atoms with Crippen LogP contribution in [-0.2, 0) is 13.5 Å². The lowest BCUT2D eigenvalue weighted by atomic mass is 10.1. The van der Waals surface area contributed by atoms with Gasteiger partial charge in [0.25, 0.3) is 5.91 Å². The number of hydrogen-bond donors (Lipinski definition) is 2. The van der Waals surface area contributed by atoms with Crippen molar-refractivity contribution in [1.82, 2.24) is 9.29 Å². The normalized spacial score (nSPS) is 19.2. The first-order valence-electron chi connectivity index (χ1n) is 9.47. The van der Waals surface area contributed by atoms with Crippen LogP contribution in [0.15, 0.2) is 41.4 Å². The fraction of sp³-hybridized carbons (Fsp3) is 0.381. The van der Waals surface area contributed by atoms with E-state index in [2.05, 4.69) is 29.1 Å². The second-order valence-corrected chi connectivity index (χ2v) is 7.98. The number of aryl methyl sites for hydroxylation is 1. The summed E-state index contributed by atoms with van der Waals surface area (Å²) < 4.78 is 31.8. The summed E-state index contributed by atoms with van der Waals surface area (Å²) in [7, 11) is 1.82. The zero-order valence-electron chi connectivity index (χ0n) is 16.1. The highest BCUT2D eigenvalue weighted by molar-refractivity contribution is 7.97. The highest BCUT2D eigenvalue weighted by Crippen LogP contribution is 2.28. The number of nitrogens with one attached hydrogen (secondary N) is 2. The second-order valence-electron chi connectivity index (χ2n) is 7.10. The van der Waals surface area contributed by atoms with E-state index in [9.17, 15) is 13.6 Å². The maximum atomic E-state index is 13.5. The van der Waals surface area contributed by atoms with E-state index in [-0.39, 0.29) is 11.6 Å². The third-order valence-electron chi connectivity index (χ3n) is 4.76. The molecule has 1 aliphatic rings. The van der Waals surface area contributed by atoms with Crippen LogP contribution in [0.25, 0.3) is 0 Å². The summed E-state index contributed by atoms with van der Waals surface area (Å²) in [5.74, 6) is -2.27. The van der Waals surface area contributed by atoms with E-state index >= 15 is 0 Å². The number of aromatic nitrogens is 1. The van der Waals surface area contributed by atoms with Crippen LogP contribution in [0.1, 0.15) is 48.7 Å². The number of hydrogen-bond acceptors (Lipinski definition) is 3. The SMILES string of the molecule is CC1CCCC/C=C/Cc2c(cn(C)c2C(=O)Nc2ccc(F)c(F)c2)SN1. The van der Waals surface area contributed by atoms with Crippen molar-refractivity contribution in [2.75, 3.05) is 5.32 Å². The van der Waals surface area contributed by atoms with Gasteiger partial charge in [-0.1, -0.05) is 18.6 Å². The van der Waals surface area contributed by atoms with Gasteiger partial charge in [-0.2, -0.15) is 0 Å². The zero-order valence-corrected chi connectivity index (χ0v) is 16.9. The third kappa shape index (κ3) is 5.02. The molecule has 1 aliphatic heterocycles. The predicted octanol–water partition coefficient (Wildman–Crippen LogP) is 5.21. The lowest BCUT2D eigenvalue weighted by Crippen LogP contribution is -2.19. The van der Waals surface area contributed by atoms with Crippen LogP contribution in [0, 0.1) is 11.6 Å². The van der Waals surface area contributed by atoms with Gasteiger partial charge in [-0.3, -0.25) is 9.52 Å². The number of allylic oxidation sites excluding steroid dienone is 2. The Balaban J connectivity index is 1.88. The predicted molar refractivity (Wildman–Crippen MR) is 109 cm³/mol. The van der Waals surface area contributed by atoms with E-state index in [1.165, 1.54) is 24.4 Å². The number of rotatable bonds is 2. The summed E-state index contributed by atoms with van der Waals surface area (Å²) in [6, 6.07) is 3.72. The molecule has 1 aromatic heterocycles. The summed E-state index contributed by atoms with van der Waals surface area (Å²) in [5, 5.41) is 2.68. The molecule has 0 saturated heterocycles. The molecule has 3 rings (SSSR count). The molecular formula is C21H25F2N3OS. The van der Waals surface area contributed by atoms with Gasteiger partial charge in [0.15, 0.2) is 11.6 Å². The lowest BCUT2D eigenvalue weighted by Gasteiger charge is -2.14. The van der Waals surface area contributed by atoms with Gasteiger partial charge in [0, 0.05) is 41.5 Å². The maximum absolute atomic E-state index is 13.5. The summed E-state index contributed by atoms with van der Waals surface area (Å²) in [5.41, 5.74) is 1.66. The van der Waals surface area contributed by atoms with E-state index in [0.29, 0.717) is 18.2 Å². The molecule has 0 radical (unpaired) electrons. The molecule has 0 bridgehead atoms. The van der Waals surface area contributed by atoms with Crippen LogP contribution >= 0.6 is 11.9 Å². The molecule has 1 amide bonds. The minimum absolute atomic E-state index is 0.224. The van der Waals surface area contributed by atoms with E-state index in [1.807, 2.05) is 13.2 Å². The molecule has 0 spiro atoms. The van der Waals surface area contributed by atoms with Gasteiger partial charge < -0.3 is 9.88 Å².